The minimum Gasteiger partial charge on any atom is -0.330 e. The van der Waals surface area contributed by atoms with Crippen molar-refractivity contribution in [1.29, 1.82) is 0 Å². The van der Waals surface area contributed by atoms with Crippen LogP contribution in [0.1, 0.15) is 44.1 Å². The van der Waals surface area contributed by atoms with Crippen LogP contribution >= 0.6 is 0 Å². The van der Waals surface area contributed by atoms with Gasteiger partial charge < -0.3 is 10.6 Å². The van der Waals surface area contributed by atoms with E-state index in [9.17, 15) is 0 Å². The molecule has 0 spiro atoms. The fourth-order valence-corrected chi connectivity index (χ4v) is 3.99. The van der Waals surface area contributed by atoms with Crippen LogP contribution in [0.3, 0.4) is 0 Å². The van der Waals surface area contributed by atoms with Crippen LogP contribution in [0.4, 0.5) is 0 Å². The Morgan fingerprint density at radius 3 is 2.26 bits per heavy atom. The molecule has 3 rings (SSSR count). The van der Waals surface area contributed by atoms with Crippen molar-refractivity contribution in [2.24, 2.45) is 5.73 Å². The Balaban J connectivity index is 1.69. The van der Waals surface area contributed by atoms with Gasteiger partial charge in [-0.3, -0.25) is 0 Å². The third kappa shape index (κ3) is 2.56. The Bertz CT molecular complexity index is 387. The fourth-order valence-electron chi connectivity index (χ4n) is 3.99. The molecular weight excluding hydrogens is 232 g/mol. The molecule has 1 aliphatic heterocycles. The lowest BCUT2D eigenvalue weighted by molar-refractivity contribution is 0.118. The van der Waals surface area contributed by atoms with Crippen molar-refractivity contribution in [2.75, 3.05) is 19.6 Å². The zero-order chi connectivity index (χ0) is 13.1. The van der Waals surface area contributed by atoms with Crippen molar-refractivity contribution in [3.63, 3.8) is 0 Å². The van der Waals surface area contributed by atoms with Gasteiger partial charge in [-0.15, -0.1) is 0 Å². The van der Waals surface area contributed by atoms with Crippen LogP contribution in [0.25, 0.3) is 0 Å². The van der Waals surface area contributed by atoms with E-state index in [-0.39, 0.29) is 5.41 Å². The second kappa shape index (κ2) is 5.64. The number of likely N-dealkylation sites (tertiary alicyclic amines) is 1. The van der Waals surface area contributed by atoms with Crippen molar-refractivity contribution in [1.82, 2.24) is 4.90 Å². The topological polar surface area (TPSA) is 29.3 Å². The van der Waals surface area contributed by atoms with Gasteiger partial charge >= 0.3 is 0 Å². The molecule has 2 aliphatic rings. The lowest BCUT2D eigenvalue weighted by Crippen LogP contribution is -2.49. The highest BCUT2D eigenvalue weighted by molar-refractivity contribution is 5.26. The summed E-state index contributed by atoms with van der Waals surface area (Å²) in [6.07, 6.45) is 8.15. The summed E-state index contributed by atoms with van der Waals surface area (Å²) >= 11 is 0. The van der Waals surface area contributed by atoms with Crippen molar-refractivity contribution < 1.29 is 0 Å². The standard InChI is InChI=1S/C17H26N2/c18-14-17(15-6-2-1-3-7-15)10-12-19(13-11-17)16-8-4-5-9-16/h1-3,6-7,16H,4-5,8-14,18H2. The summed E-state index contributed by atoms with van der Waals surface area (Å²) in [5, 5.41) is 0. The Kier molecular flexibility index (Phi) is 3.90. The van der Waals surface area contributed by atoms with Gasteiger partial charge in [0.2, 0.25) is 0 Å². The zero-order valence-electron chi connectivity index (χ0n) is 11.9. The summed E-state index contributed by atoms with van der Waals surface area (Å²) in [4.78, 5) is 2.73. The van der Waals surface area contributed by atoms with E-state index in [1.165, 1.54) is 57.2 Å². The monoisotopic (exact) mass is 258 g/mol. The van der Waals surface area contributed by atoms with E-state index < -0.39 is 0 Å². The van der Waals surface area contributed by atoms with Crippen molar-refractivity contribution >= 4 is 0 Å². The normalized spacial score (nSPS) is 24.7. The van der Waals surface area contributed by atoms with Gasteiger partial charge in [0, 0.05) is 18.0 Å². The largest absolute Gasteiger partial charge is 0.330 e. The molecule has 0 unspecified atom stereocenters. The first-order valence-electron chi connectivity index (χ1n) is 7.84. The number of benzene rings is 1. The van der Waals surface area contributed by atoms with Gasteiger partial charge in [0.25, 0.3) is 0 Å². The fraction of sp³-hybridized carbons (Fsp3) is 0.647. The first kappa shape index (κ1) is 13.1. The van der Waals surface area contributed by atoms with Crippen LogP contribution in [0.5, 0.6) is 0 Å². The molecule has 0 amide bonds. The molecule has 1 saturated heterocycles. The van der Waals surface area contributed by atoms with E-state index in [2.05, 4.69) is 35.2 Å². The molecule has 0 atom stereocenters. The minimum absolute atomic E-state index is 0.233. The average Bonchev–Trinajstić information content (AvgIpc) is 3.02. The van der Waals surface area contributed by atoms with Crippen LogP contribution in [-0.4, -0.2) is 30.6 Å². The molecule has 0 bridgehead atoms. The molecule has 1 aromatic carbocycles. The molecule has 1 aromatic rings. The molecule has 2 N–H and O–H groups in total. The maximum atomic E-state index is 6.15. The highest BCUT2D eigenvalue weighted by Crippen LogP contribution is 2.36. The van der Waals surface area contributed by atoms with Crippen molar-refractivity contribution in [3.05, 3.63) is 35.9 Å². The lowest BCUT2D eigenvalue weighted by atomic mass is 9.72. The number of hydrogen-bond acceptors (Lipinski definition) is 2. The second-order valence-electron chi connectivity index (χ2n) is 6.32. The molecule has 2 fully saturated rings. The molecule has 104 valence electrons. The summed E-state index contributed by atoms with van der Waals surface area (Å²) in [6.45, 7) is 3.25. The van der Waals surface area contributed by atoms with Crippen LogP contribution in [0.2, 0.25) is 0 Å². The third-order valence-electron chi connectivity index (χ3n) is 5.37. The first-order valence-corrected chi connectivity index (χ1v) is 7.84. The summed E-state index contributed by atoms with van der Waals surface area (Å²) in [6, 6.07) is 11.8. The highest BCUT2D eigenvalue weighted by atomic mass is 15.2. The predicted octanol–water partition coefficient (Wildman–Crippen LogP) is 2.92. The quantitative estimate of drug-likeness (QED) is 0.903. The number of nitrogens with two attached hydrogens (primary N) is 1. The predicted molar refractivity (Wildman–Crippen MR) is 80.2 cm³/mol. The third-order valence-corrected chi connectivity index (χ3v) is 5.37. The van der Waals surface area contributed by atoms with Gasteiger partial charge in [0.1, 0.15) is 0 Å². The smallest absolute Gasteiger partial charge is 0.00998 e. The Labute approximate surface area is 117 Å². The van der Waals surface area contributed by atoms with E-state index in [1.807, 2.05) is 0 Å². The maximum Gasteiger partial charge on any atom is 0.00998 e. The molecule has 0 aromatic heterocycles. The SMILES string of the molecule is NCC1(c2ccccc2)CCN(C2CCCC2)CC1. The van der Waals surface area contributed by atoms with E-state index in [0.717, 1.165) is 12.6 Å². The maximum absolute atomic E-state index is 6.15. The average molecular weight is 258 g/mol. The molecule has 0 radical (unpaired) electrons. The summed E-state index contributed by atoms with van der Waals surface area (Å²) in [5.41, 5.74) is 7.83. The minimum atomic E-state index is 0.233. The molecule has 1 aliphatic carbocycles. The lowest BCUT2D eigenvalue weighted by Gasteiger charge is -2.43. The van der Waals surface area contributed by atoms with Crippen LogP contribution in [0.15, 0.2) is 30.3 Å². The summed E-state index contributed by atoms with van der Waals surface area (Å²) in [7, 11) is 0. The van der Waals surface area contributed by atoms with E-state index >= 15 is 0 Å². The summed E-state index contributed by atoms with van der Waals surface area (Å²) in [5.74, 6) is 0. The number of rotatable bonds is 3. The van der Waals surface area contributed by atoms with E-state index in [0.29, 0.717) is 0 Å². The van der Waals surface area contributed by atoms with Crippen LogP contribution < -0.4 is 5.73 Å². The highest BCUT2D eigenvalue weighted by Gasteiger charge is 2.37. The molecule has 1 heterocycles. The number of piperidine rings is 1. The van der Waals surface area contributed by atoms with Gasteiger partial charge in [0.15, 0.2) is 0 Å². The molecular formula is C17H26N2. The van der Waals surface area contributed by atoms with Gasteiger partial charge in [-0.1, -0.05) is 43.2 Å². The van der Waals surface area contributed by atoms with Crippen LogP contribution in [0, 0.1) is 0 Å². The first-order chi connectivity index (χ1) is 9.34. The summed E-state index contributed by atoms with van der Waals surface area (Å²) < 4.78 is 0. The molecule has 19 heavy (non-hydrogen) atoms. The van der Waals surface area contributed by atoms with Gasteiger partial charge in [-0.2, -0.15) is 0 Å². The number of nitrogens with zero attached hydrogens (tertiary/aromatic N) is 1. The Hall–Kier alpha value is -0.860. The van der Waals surface area contributed by atoms with Crippen molar-refractivity contribution in [3.8, 4) is 0 Å². The molecule has 2 heteroatoms. The van der Waals surface area contributed by atoms with Crippen LogP contribution in [-0.2, 0) is 5.41 Å². The van der Waals surface area contributed by atoms with Gasteiger partial charge in [-0.25, -0.2) is 0 Å². The van der Waals surface area contributed by atoms with E-state index in [4.69, 9.17) is 5.73 Å². The number of hydrogen-bond donors (Lipinski definition) is 1. The van der Waals surface area contributed by atoms with E-state index in [1.54, 1.807) is 0 Å². The van der Waals surface area contributed by atoms with Gasteiger partial charge in [-0.05, 0) is 44.3 Å². The Morgan fingerprint density at radius 1 is 1.05 bits per heavy atom. The molecule has 1 saturated carbocycles. The van der Waals surface area contributed by atoms with Crippen molar-refractivity contribution in [2.45, 2.75) is 50.0 Å². The second-order valence-corrected chi connectivity index (χ2v) is 6.32. The van der Waals surface area contributed by atoms with Gasteiger partial charge in [0.05, 0.1) is 0 Å². The molecule has 2 nitrogen and oxygen atoms in total. The Morgan fingerprint density at radius 2 is 1.68 bits per heavy atom. The zero-order valence-corrected chi connectivity index (χ0v) is 11.9.